The average molecular weight is 570 g/mol. The van der Waals surface area contributed by atoms with Crippen LogP contribution in [-0.2, 0) is 27.6 Å². The molecule has 0 spiro atoms. The summed E-state index contributed by atoms with van der Waals surface area (Å²) >= 11 is 0. The molecule has 174 valence electrons. The highest BCUT2D eigenvalue weighted by atomic mass is 127. The number of amides is 1. The van der Waals surface area contributed by atoms with Gasteiger partial charge >= 0.3 is 0 Å². The highest BCUT2D eigenvalue weighted by Crippen LogP contribution is 2.21. The predicted octanol–water partition coefficient (Wildman–Crippen LogP) is 3.13. The van der Waals surface area contributed by atoms with E-state index in [4.69, 9.17) is 0 Å². The van der Waals surface area contributed by atoms with Crippen molar-refractivity contribution in [2.45, 2.75) is 37.1 Å². The molecule has 2 aromatic rings. The predicted molar refractivity (Wildman–Crippen MR) is 140 cm³/mol. The minimum absolute atomic E-state index is 0. The molecular weight excluding hydrogens is 539 g/mol. The van der Waals surface area contributed by atoms with E-state index in [9.17, 15) is 13.2 Å². The van der Waals surface area contributed by atoms with Crippen molar-refractivity contribution >= 4 is 51.4 Å². The molecule has 0 atom stereocenters. The third kappa shape index (κ3) is 7.47. The summed E-state index contributed by atoms with van der Waals surface area (Å²) in [5.41, 5.74) is 3.11. The van der Waals surface area contributed by atoms with Gasteiger partial charge in [0.1, 0.15) is 0 Å². The van der Waals surface area contributed by atoms with Gasteiger partial charge in [-0.3, -0.25) is 9.79 Å². The van der Waals surface area contributed by atoms with Crippen molar-refractivity contribution in [3.05, 3.63) is 59.7 Å². The fourth-order valence-electron chi connectivity index (χ4n) is 3.51. The van der Waals surface area contributed by atoms with Gasteiger partial charge in [0, 0.05) is 45.0 Å². The molecule has 0 bridgehead atoms. The summed E-state index contributed by atoms with van der Waals surface area (Å²) in [6.07, 6.45) is 4.63. The molecule has 2 aromatic carbocycles. The number of hydrogen-bond acceptors (Lipinski definition) is 4. The Balaban J connectivity index is 0.00000363. The number of aliphatic imine (C=N–C) groups is 1. The summed E-state index contributed by atoms with van der Waals surface area (Å²) in [5, 5.41) is 6.56. The van der Waals surface area contributed by atoms with Gasteiger partial charge in [-0.2, -0.15) is 0 Å². The summed E-state index contributed by atoms with van der Waals surface area (Å²) in [6, 6.07) is 15.0. The number of benzene rings is 2. The van der Waals surface area contributed by atoms with E-state index in [-0.39, 0.29) is 29.9 Å². The van der Waals surface area contributed by atoms with Crippen LogP contribution >= 0.6 is 24.0 Å². The Labute approximate surface area is 207 Å². The van der Waals surface area contributed by atoms with Crippen LogP contribution in [0.4, 0.5) is 5.69 Å². The smallest absolute Gasteiger partial charge is 0.226 e. The molecule has 3 rings (SSSR count). The Morgan fingerprint density at radius 2 is 1.66 bits per heavy atom. The van der Waals surface area contributed by atoms with Crippen molar-refractivity contribution in [3.63, 3.8) is 0 Å². The van der Waals surface area contributed by atoms with Gasteiger partial charge in [-0.15, -0.1) is 24.0 Å². The number of carbonyl (C=O) groups excluding carboxylic acids is 1. The van der Waals surface area contributed by atoms with Crippen LogP contribution in [0, 0.1) is 0 Å². The lowest BCUT2D eigenvalue weighted by Gasteiger charge is -2.26. The van der Waals surface area contributed by atoms with Crippen molar-refractivity contribution in [3.8, 4) is 0 Å². The van der Waals surface area contributed by atoms with Crippen molar-refractivity contribution in [2.24, 2.45) is 4.99 Å². The molecule has 7 nitrogen and oxygen atoms in total. The molecule has 0 aromatic heterocycles. The van der Waals surface area contributed by atoms with Gasteiger partial charge in [-0.05, 0) is 54.7 Å². The third-order valence-electron chi connectivity index (χ3n) is 5.31. The maximum absolute atomic E-state index is 12.1. The normalized spacial score (nSPS) is 14.6. The SMILES string of the molecule is CN=C(NCCc1ccc(S(C)(=O)=O)cc1)NCc1ccc(N2CCCCC2=O)cc1.I. The highest BCUT2D eigenvalue weighted by molar-refractivity contribution is 14.0. The molecule has 0 unspecified atom stereocenters. The van der Waals surface area contributed by atoms with Crippen molar-refractivity contribution in [2.75, 3.05) is 31.3 Å². The number of piperidine rings is 1. The first kappa shape index (κ1) is 26.1. The number of halogens is 1. The Hall–Kier alpha value is -2.14. The van der Waals surface area contributed by atoms with E-state index in [1.165, 1.54) is 6.26 Å². The van der Waals surface area contributed by atoms with Crippen molar-refractivity contribution in [1.82, 2.24) is 10.6 Å². The number of rotatable bonds is 7. The second-order valence-corrected chi connectivity index (χ2v) is 9.70. The molecule has 1 saturated heterocycles. The van der Waals surface area contributed by atoms with E-state index >= 15 is 0 Å². The molecule has 1 heterocycles. The minimum atomic E-state index is -3.17. The van der Waals surface area contributed by atoms with E-state index < -0.39 is 9.84 Å². The summed E-state index contributed by atoms with van der Waals surface area (Å²) < 4.78 is 23.1. The summed E-state index contributed by atoms with van der Waals surface area (Å²) in [4.78, 5) is 18.5. The molecular formula is C23H31IN4O3S. The van der Waals surface area contributed by atoms with Crippen LogP contribution in [0.15, 0.2) is 58.4 Å². The maximum atomic E-state index is 12.1. The number of carbonyl (C=O) groups is 1. The lowest BCUT2D eigenvalue weighted by molar-refractivity contribution is -0.119. The Bertz CT molecular complexity index is 1020. The number of sulfone groups is 1. The fraction of sp³-hybridized carbons (Fsp3) is 0.391. The van der Waals surface area contributed by atoms with E-state index in [0.717, 1.165) is 42.6 Å². The molecule has 0 radical (unpaired) electrons. The second kappa shape index (κ2) is 12.2. The molecule has 1 aliphatic rings. The zero-order valence-corrected chi connectivity index (χ0v) is 21.7. The van der Waals surface area contributed by atoms with E-state index in [2.05, 4.69) is 15.6 Å². The lowest BCUT2D eigenvalue weighted by atomic mass is 10.1. The van der Waals surface area contributed by atoms with Crippen LogP contribution in [0.2, 0.25) is 0 Å². The first-order chi connectivity index (χ1) is 14.9. The van der Waals surface area contributed by atoms with Gasteiger partial charge < -0.3 is 15.5 Å². The number of nitrogens with zero attached hydrogens (tertiary/aromatic N) is 2. The molecule has 0 saturated carbocycles. The number of anilines is 1. The van der Waals surface area contributed by atoms with Gasteiger partial charge in [-0.25, -0.2) is 8.42 Å². The highest BCUT2D eigenvalue weighted by Gasteiger charge is 2.19. The first-order valence-corrected chi connectivity index (χ1v) is 12.4. The standard InChI is InChI=1S/C23H30N4O3S.HI/c1-24-23(25-15-14-18-8-12-21(13-9-18)31(2,29)30)26-17-19-6-10-20(11-7-19)27-16-4-3-5-22(27)28;/h6-13H,3-5,14-17H2,1-2H3,(H2,24,25,26);1H. The number of guanidine groups is 1. The third-order valence-corrected chi connectivity index (χ3v) is 6.44. The second-order valence-electron chi connectivity index (χ2n) is 7.69. The van der Waals surface area contributed by atoms with Gasteiger partial charge in [0.25, 0.3) is 0 Å². The minimum Gasteiger partial charge on any atom is -0.356 e. The van der Waals surface area contributed by atoms with E-state index in [1.54, 1.807) is 19.2 Å². The van der Waals surface area contributed by atoms with Crippen LogP contribution in [0.25, 0.3) is 0 Å². The zero-order chi connectivity index (χ0) is 22.3. The van der Waals surface area contributed by atoms with Gasteiger partial charge in [0.2, 0.25) is 5.91 Å². The summed E-state index contributed by atoms with van der Waals surface area (Å²) in [6.45, 7) is 2.09. The summed E-state index contributed by atoms with van der Waals surface area (Å²) in [5.74, 6) is 0.899. The average Bonchev–Trinajstić information content (AvgIpc) is 2.76. The molecule has 9 heteroatoms. The van der Waals surface area contributed by atoms with Gasteiger partial charge in [0.15, 0.2) is 15.8 Å². The van der Waals surface area contributed by atoms with Crippen molar-refractivity contribution < 1.29 is 13.2 Å². The van der Waals surface area contributed by atoms with Gasteiger partial charge in [-0.1, -0.05) is 24.3 Å². The monoisotopic (exact) mass is 570 g/mol. The largest absolute Gasteiger partial charge is 0.356 e. The Morgan fingerprint density at radius 3 is 2.25 bits per heavy atom. The topological polar surface area (TPSA) is 90.9 Å². The molecule has 1 fully saturated rings. The first-order valence-electron chi connectivity index (χ1n) is 10.5. The van der Waals surface area contributed by atoms with Crippen LogP contribution in [0.5, 0.6) is 0 Å². The maximum Gasteiger partial charge on any atom is 0.226 e. The van der Waals surface area contributed by atoms with Crippen LogP contribution in [0.1, 0.15) is 30.4 Å². The molecule has 1 amide bonds. The molecule has 0 aliphatic carbocycles. The quantitative estimate of drug-likeness (QED) is 0.304. The molecule has 1 aliphatic heterocycles. The van der Waals surface area contributed by atoms with Crippen LogP contribution in [0.3, 0.4) is 0 Å². The summed E-state index contributed by atoms with van der Waals surface area (Å²) in [7, 11) is -1.44. The number of hydrogen-bond donors (Lipinski definition) is 2. The van der Waals surface area contributed by atoms with Crippen LogP contribution < -0.4 is 15.5 Å². The molecule has 2 N–H and O–H groups in total. The zero-order valence-electron chi connectivity index (χ0n) is 18.5. The van der Waals surface area contributed by atoms with E-state index in [0.29, 0.717) is 30.4 Å². The molecule has 32 heavy (non-hydrogen) atoms. The Kier molecular flexibility index (Phi) is 9.95. The Morgan fingerprint density at radius 1 is 1.00 bits per heavy atom. The van der Waals surface area contributed by atoms with Gasteiger partial charge in [0.05, 0.1) is 4.90 Å². The van der Waals surface area contributed by atoms with Crippen molar-refractivity contribution in [1.29, 1.82) is 0 Å². The van der Waals surface area contributed by atoms with Crippen LogP contribution in [-0.4, -0.2) is 46.7 Å². The number of nitrogens with one attached hydrogen (secondary N) is 2. The van der Waals surface area contributed by atoms with E-state index in [1.807, 2.05) is 41.3 Å². The lowest BCUT2D eigenvalue weighted by Crippen LogP contribution is -2.38. The fourth-order valence-corrected chi connectivity index (χ4v) is 4.14.